The van der Waals surface area contributed by atoms with Gasteiger partial charge in [-0.3, -0.25) is 4.79 Å². The first kappa shape index (κ1) is 12.9. The van der Waals surface area contributed by atoms with Crippen molar-refractivity contribution < 1.29 is 4.79 Å². The van der Waals surface area contributed by atoms with Gasteiger partial charge in [-0.05, 0) is 23.1 Å². The van der Waals surface area contributed by atoms with Gasteiger partial charge >= 0.3 is 0 Å². The van der Waals surface area contributed by atoms with Crippen molar-refractivity contribution in [3.63, 3.8) is 0 Å². The summed E-state index contributed by atoms with van der Waals surface area (Å²) >= 11 is 0. The number of rotatable bonds is 3. The molecule has 0 aromatic heterocycles. The normalized spacial score (nSPS) is 17.1. The van der Waals surface area contributed by atoms with Crippen LogP contribution in [0.4, 0.5) is 0 Å². The summed E-state index contributed by atoms with van der Waals surface area (Å²) in [6.45, 7) is 2.05. The highest BCUT2D eigenvalue weighted by molar-refractivity contribution is 6.00. The standard InChI is InChI=1S/C19H18O/c1-2-15-13-19(14-18(15)20,16-9-5-3-6-10-16)17-11-7-4-8-12-17/h3-13H,2,14H2,1H3. The van der Waals surface area contributed by atoms with Crippen LogP contribution in [-0.2, 0) is 10.2 Å². The molecule has 0 amide bonds. The van der Waals surface area contributed by atoms with Crippen molar-refractivity contribution in [2.45, 2.75) is 25.2 Å². The quantitative estimate of drug-likeness (QED) is 0.806. The van der Waals surface area contributed by atoms with Crippen LogP contribution in [0.2, 0.25) is 0 Å². The van der Waals surface area contributed by atoms with Gasteiger partial charge in [0.2, 0.25) is 0 Å². The van der Waals surface area contributed by atoms with Crippen LogP contribution in [0.5, 0.6) is 0 Å². The molecule has 1 nitrogen and oxygen atoms in total. The zero-order valence-electron chi connectivity index (χ0n) is 11.7. The molecule has 0 fully saturated rings. The molecule has 1 aliphatic rings. The Balaban J connectivity index is 2.21. The second-order valence-corrected chi connectivity index (χ2v) is 5.33. The Bertz CT molecular complexity index is 598. The van der Waals surface area contributed by atoms with Gasteiger partial charge in [0.25, 0.3) is 0 Å². The van der Waals surface area contributed by atoms with E-state index in [0.717, 1.165) is 12.0 Å². The van der Waals surface area contributed by atoms with Gasteiger partial charge in [-0.15, -0.1) is 0 Å². The molecule has 0 unspecified atom stereocenters. The summed E-state index contributed by atoms with van der Waals surface area (Å²) in [5.74, 6) is 0.278. The Morgan fingerprint density at radius 1 is 0.900 bits per heavy atom. The van der Waals surface area contributed by atoms with Gasteiger partial charge in [0.15, 0.2) is 5.78 Å². The lowest BCUT2D eigenvalue weighted by Crippen LogP contribution is -2.24. The van der Waals surface area contributed by atoms with E-state index < -0.39 is 0 Å². The molecule has 0 saturated carbocycles. The molecule has 0 heterocycles. The third kappa shape index (κ3) is 2.00. The Morgan fingerprint density at radius 2 is 1.40 bits per heavy atom. The van der Waals surface area contributed by atoms with Crippen molar-refractivity contribution in [1.82, 2.24) is 0 Å². The van der Waals surface area contributed by atoms with Crippen LogP contribution in [0.25, 0.3) is 0 Å². The fourth-order valence-electron chi connectivity index (χ4n) is 3.10. The number of hydrogen-bond donors (Lipinski definition) is 0. The summed E-state index contributed by atoms with van der Waals surface area (Å²) < 4.78 is 0. The second-order valence-electron chi connectivity index (χ2n) is 5.33. The Hall–Kier alpha value is -2.15. The molecule has 0 N–H and O–H groups in total. The number of hydrogen-bond acceptors (Lipinski definition) is 1. The van der Waals surface area contributed by atoms with Crippen molar-refractivity contribution in [1.29, 1.82) is 0 Å². The van der Waals surface area contributed by atoms with Crippen LogP contribution in [0.15, 0.2) is 72.3 Å². The van der Waals surface area contributed by atoms with Crippen molar-refractivity contribution in [2.24, 2.45) is 0 Å². The molecule has 3 rings (SSSR count). The zero-order chi connectivity index (χ0) is 14.0. The maximum Gasteiger partial charge on any atom is 0.160 e. The first-order valence-corrected chi connectivity index (χ1v) is 7.12. The topological polar surface area (TPSA) is 17.1 Å². The molecule has 0 radical (unpaired) electrons. The molecule has 0 bridgehead atoms. The van der Waals surface area contributed by atoms with E-state index in [1.54, 1.807) is 0 Å². The highest BCUT2D eigenvalue weighted by Gasteiger charge is 2.40. The third-order valence-electron chi connectivity index (χ3n) is 4.18. The minimum Gasteiger partial charge on any atom is -0.295 e. The Morgan fingerprint density at radius 3 is 1.80 bits per heavy atom. The lowest BCUT2D eigenvalue weighted by molar-refractivity contribution is -0.115. The first-order chi connectivity index (χ1) is 9.76. The molecular formula is C19H18O. The second kappa shape index (κ2) is 5.09. The van der Waals surface area contributed by atoms with Crippen LogP contribution in [0.1, 0.15) is 30.9 Å². The average Bonchev–Trinajstić information content (AvgIpc) is 2.87. The number of allylic oxidation sites excluding steroid dienone is 2. The Kier molecular flexibility index (Phi) is 3.27. The highest BCUT2D eigenvalue weighted by Crippen LogP contribution is 2.43. The van der Waals surface area contributed by atoms with E-state index in [1.165, 1.54) is 11.1 Å². The van der Waals surface area contributed by atoms with E-state index in [1.807, 2.05) is 36.4 Å². The predicted molar refractivity (Wildman–Crippen MR) is 81.7 cm³/mol. The van der Waals surface area contributed by atoms with Crippen molar-refractivity contribution in [2.75, 3.05) is 0 Å². The maximum atomic E-state index is 12.3. The fourth-order valence-corrected chi connectivity index (χ4v) is 3.10. The van der Waals surface area contributed by atoms with Gasteiger partial charge in [0.1, 0.15) is 0 Å². The molecule has 0 aliphatic heterocycles. The highest BCUT2D eigenvalue weighted by atomic mass is 16.1. The van der Waals surface area contributed by atoms with Crippen molar-refractivity contribution in [3.8, 4) is 0 Å². The van der Waals surface area contributed by atoms with Crippen LogP contribution in [0, 0.1) is 0 Å². The Labute approximate surface area is 120 Å². The minimum absolute atomic E-state index is 0.278. The number of Topliss-reactive ketones (excluding diaryl/α,β-unsaturated/α-hetero) is 1. The number of carbonyl (C=O) groups excluding carboxylic acids is 1. The van der Waals surface area contributed by atoms with E-state index in [-0.39, 0.29) is 11.2 Å². The molecule has 100 valence electrons. The molecule has 0 atom stereocenters. The van der Waals surface area contributed by atoms with Gasteiger partial charge in [0, 0.05) is 11.8 Å². The van der Waals surface area contributed by atoms with E-state index >= 15 is 0 Å². The molecule has 2 aromatic carbocycles. The molecule has 1 heteroatoms. The van der Waals surface area contributed by atoms with Gasteiger partial charge in [-0.25, -0.2) is 0 Å². The largest absolute Gasteiger partial charge is 0.295 e. The van der Waals surface area contributed by atoms with Gasteiger partial charge in [-0.1, -0.05) is 73.7 Å². The van der Waals surface area contributed by atoms with Gasteiger partial charge in [-0.2, -0.15) is 0 Å². The molecule has 1 aliphatic carbocycles. The van der Waals surface area contributed by atoms with E-state index in [2.05, 4.69) is 37.3 Å². The predicted octanol–water partition coefficient (Wildman–Crippen LogP) is 4.28. The van der Waals surface area contributed by atoms with Crippen LogP contribution in [0.3, 0.4) is 0 Å². The van der Waals surface area contributed by atoms with Gasteiger partial charge in [0.05, 0.1) is 0 Å². The maximum absolute atomic E-state index is 12.3. The van der Waals surface area contributed by atoms with Crippen LogP contribution >= 0.6 is 0 Å². The SMILES string of the molecule is CCC1=CC(c2ccccc2)(c2ccccc2)CC1=O. The summed E-state index contributed by atoms with van der Waals surface area (Å²) in [6.07, 6.45) is 3.53. The van der Waals surface area contributed by atoms with Crippen LogP contribution in [-0.4, -0.2) is 5.78 Å². The monoisotopic (exact) mass is 262 g/mol. The van der Waals surface area contributed by atoms with E-state index in [0.29, 0.717) is 6.42 Å². The lowest BCUT2D eigenvalue weighted by atomic mass is 9.74. The summed E-state index contributed by atoms with van der Waals surface area (Å²) in [7, 11) is 0. The molecule has 0 spiro atoms. The van der Waals surface area contributed by atoms with Crippen LogP contribution < -0.4 is 0 Å². The summed E-state index contributed by atoms with van der Waals surface area (Å²) in [6, 6.07) is 20.7. The van der Waals surface area contributed by atoms with Crippen molar-refractivity contribution in [3.05, 3.63) is 83.4 Å². The van der Waals surface area contributed by atoms with Gasteiger partial charge < -0.3 is 0 Å². The summed E-state index contributed by atoms with van der Waals surface area (Å²) in [5, 5.41) is 0. The number of carbonyl (C=O) groups is 1. The fraction of sp³-hybridized carbons (Fsp3) is 0.211. The number of ketones is 1. The van der Waals surface area contributed by atoms with Crippen molar-refractivity contribution >= 4 is 5.78 Å². The minimum atomic E-state index is -0.287. The molecule has 2 aromatic rings. The molecular weight excluding hydrogens is 244 g/mol. The molecule has 0 saturated heterocycles. The van der Waals surface area contributed by atoms with E-state index in [4.69, 9.17) is 0 Å². The lowest BCUT2D eigenvalue weighted by Gasteiger charge is -2.28. The number of benzene rings is 2. The summed E-state index contributed by atoms with van der Waals surface area (Å²) in [4.78, 5) is 12.3. The zero-order valence-corrected chi connectivity index (χ0v) is 11.7. The average molecular weight is 262 g/mol. The first-order valence-electron chi connectivity index (χ1n) is 7.12. The third-order valence-corrected chi connectivity index (χ3v) is 4.18. The summed E-state index contributed by atoms with van der Waals surface area (Å²) in [5.41, 5.74) is 3.06. The molecule has 20 heavy (non-hydrogen) atoms. The smallest absolute Gasteiger partial charge is 0.160 e. The van der Waals surface area contributed by atoms with E-state index in [9.17, 15) is 4.79 Å².